The zero-order chi connectivity index (χ0) is 14.0. The minimum Gasteiger partial charge on any atom is -0.461 e. The molecule has 0 aliphatic rings. The molecule has 18 heavy (non-hydrogen) atoms. The van der Waals surface area contributed by atoms with Crippen LogP contribution in [-0.2, 0) is 28.6 Å². The number of hydrogen-bond donors (Lipinski definition) is 0. The molecule has 0 saturated heterocycles. The van der Waals surface area contributed by atoms with Crippen LogP contribution >= 0.6 is 47.8 Å². The smallest absolute Gasteiger partial charge is 0.317 e. The van der Waals surface area contributed by atoms with Gasteiger partial charge in [0.15, 0.2) is 6.10 Å². The minimum absolute atomic E-state index is 0.00226. The maximum Gasteiger partial charge on any atom is 0.317 e. The topological polar surface area (TPSA) is 78.9 Å². The number of ether oxygens (including phenoxy) is 3. The Morgan fingerprint density at radius 3 is 1.50 bits per heavy atom. The number of carbonyl (C=O) groups is 3. The second kappa shape index (κ2) is 10.7. The summed E-state index contributed by atoms with van der Waals surface area (Å²) < 4.78 is 14.5. The van der Waals surface area contributed by atoms with Crippen molar-refractivity contribution in [3.05, 3.63) is 0 Å². The fraction of sp³-hybridized carbons (Fsp3) is 0.667. The first-order chi connectivity index (χ1) is 8.53. The van der Waals surface area contributed by atoms with Crippen LogP contribution in [0.25, 0.3) is 0 Å². The molecule has 0 unspecified atom stereocenters. The third-order valence-corrected chi connectivity index (χ3v) is 2.86. The standard InChI is InChI=1S/C9H11Br3O6/c10-1-7(13)16-4-6(18-9(15)3-12)5-17-8(14)2-11/h6H,1-5H2. The third kappa shape index (κ3) is 8.87. The van der Waals surface area contributed by atoms with Crippen LogP contribution in [0.5, 0.6) is 0 Å². The molecule has 0 aromatic heterocycles. The molecule has 6 nitrogen and oxygen atoms in total. The zero-order valence-electron chi connectivity index (χ0n) is 9.20. The van der Waals surface area contributed by atoms with E-state index in [-0.39, 0.29) is 29.2 Å². The molecule has 0 saturated carbocycles. The summed E-state index contributed by atoms with van der Waals surface area (Å²) in [5.41, 5.74) is 0. The second-order valence-electron chi connectivity index (χ2n) is 2.88. The van der Waals surface area contributed by atoms with Crippen LogP contribution in [0.2, 0.25) is 0 Å². The number of rotatable bonds is 8. The Morgan fingerprint density at radius 2 is 1.17 bits per heavy atom. The molecule has 0 aromatic carbocycles. The number of carbonyl (C=O) groups excluding carboxylic acids is 3. The minimum atomic E-state index is -0.818. The normalized spacial score (nSPS) is 10.0. The van der Waals surface area contributed by atoms with Gasteiger partial charge in [-0.05, 0) is 0 Å². The quantitative estimate of drug-likeness (QED) is 0.311. The van der Waals surface area contributed by atoms with Gasteiger partial charge < -0.3 is 14.2 Å². The third-order valence-electron chi connectivity index (χ3n) is 1.49. The Labute approximate surface area is 129 Å². The molecule has 0 fully saturated rings. The summed E-state index contributed by atoms with van der Waals surface area (Å²) in [5, 5.41) is 0.0723. The fourth-order valence-corrected chi connectivity index (χ4v) is 1.24. The molecule has 9 heteroatoms. The molecule has 104 valence electrons. The summed E-state index contributed by atoms with van der Waals surface area (Å²) in [6, 6.07) is 0. The van der Waals surface area contributed by atoms with Crippen molar-refractivity contribution in [3.63, 3.8) is 0 Å². The van der Waals surface area contributed by atoms with Crippen molar-refractivity contribution in [2.75, 3.05) is 29.2 Å². The average molecular weight is 455 g/mol. The molecule has 0 atom stereocenters. The van der Waals surface area contributed by atoms with Gasteiger partial charge in [-0.25, -0.2) is 0 Å². The first-order valence-electron chi connectivity index (χ1n) is 4.72. The molecule has 0 amide bonds. The molecule has 0 aliphatic heterocycles. The van der Waals surface area contributed by atoms with Crippen molar-refractivity contribution in [1.82, 2.24) is 0 Å². The lowest BCUT2D eigenvalue weighted by atomic mass is 10.4. The van der Waals surface area contributed by atoms with Crippen molar-refractivity contribution in [2.45, 2.75) is 6.10 Å². The molecule has 0 spiro atoms. The summed E-state index contributed by atoms with van der Waals surface area (Å²) in [6.45, 7) is -0.336. The maximum atomic E-state index is 11.1. The molecule has 0 aliphatic carbocycles. The first kappa shape index (κ1) is 17.8. The van der Waals surface area contributed by atoms with Crippen molar-refractivity contribution in [3.8, 4) is 0 Å². The highest BCUT2D eigenvalue weighted by molar-refractivity contribution is 9.09. The average Bonchev–Trinajstić information content (AvgIpc) is 2.40. The van der Waals surface area contributed by atoms with Crippen LogP contribution in [-0.4, -0.2) is 53.2 Å². The summed E-state index contributed by atoms with van der Waals surface area (Å²) in [7, 11) is 0. The van der Waals surface area contributed by atoms with Crippen LogP contribution in [0, 0.1) is 0 Å². The van der Waals surface area contributed by atoms with Crippen LogP contribution in [0.3, 0.4) is 0 Å². The van der Waals surface area contributed by atoms with Gasteiger partial charge in [0.25, 0.3) is 0 Å². The van der Waals surface area contributed by atoms with E-state index in [1.807, 2.05) is 0 Å². The van der Waals surface area contributed by atoms with Gasteiger partial charge in [-0.2, -0.15) is 0 Å². The SMILES string of the molecule is O=C(CBr)OCC(COC(=O)CBr)OC(=O)CBr. The van der Waals surface area contributed by atoms with Crippen molar-refractivity contribution in [2.24, 2.45) is 0 Å². The molecule has 0 bridgehead atoms. The van der Waals surface area contributed by atoms with Gasteiger partial charge in [0.1, 0.15) is 29.2 Å². The van der Waals surface area contributed by atoms with E-state index in [2.05, 4.69) is 47.8 Å². The van der Waals surface area contributed by atoms with Crippen molar-refractivity contribution < 1.29 is 28.6 Å². The Hall–Kier alpha value is -0.150. The van der Waals surface area contributed by atoms with E-state index < -0.39 is 24.0 Å². The summed E-state index contributed by atoms with van der Waals surface area (Å²) >= 11 is 8.77. The van der Waals surface area contributed by atoms with Gasteiger partial charge in [0, 0.05) is 0 Å². The monoisotopic (exact) mass is 452 g/mol. The van der Waals surface area contributed by atoms with Gasteiger partial charge in [-0.3, -0.25) is 14.4 Å². The van der Waals surface area contributed by atoms with E-state index in [1.54, 1.807) is 0 Å². The predicted octanol–water partition coefficient (Wildman–Crippen LogP) is 1.17. The molecule has 0 aromatic rings. The van der Waals surface area contributed by atoms with E-state index in [0.717, 1.165) is 0 Å². The number of halogens is 3. The van der Waals surface area contributed by atoms with E-state index in [1.165, 1.54) is 0 Å². The van der Waals surface area contributed by atoms with Crippen LogP contribution < -0.4 is 0 Å². The van der Waals surface area contributed by atoms with Gasteiger partial charge in [0.05, 0.1) is 0 Å². The number of alkyl halides is 3. The Balaban J connectivity index is 4.19. The molecule has 0 heterocycles. The van der Waals surface area contributed by atoms with Gasteiger partial charge in [-0.1, -0.05) is 47.8 Å². The summed E-state index contributed by atoms with van der Waals surface area (Å²) in [5.74, 6) is -1.53. The van der Waals surface area contributed by atoms with E-state index in [9.17, 15) is 14.4 Å². The summed E-state index contributed by atoms with van der Waals surface area (Å²) in [6.07, 6.45) is -0.818. The largest absolute Gasteiger partial charge is 0.461 e. The number of esters is 3. The molecule has 0 radical (unpaired) electrons. The summed E-state index contributed by atoms with van der Waals surface area (Å²) in [4.78, 5) is 32.9. The predicted molar refractivity (Wildman–Crippen MR) is 73.2 cm³/mol. The molecular weight excluding hydrogens is 444 g/mol. The molecular formula is C9H11Br3O6. The van der Waals surface area contributed by atoms with Crippen molar-refractivity contribution >= 4 is 65.7 Å². The Bertz CT molecular complexity index is 276. The highest BCUT2D eigenvalue weighted by Gasteiger charge is 2.18. The number of hydrogen-bond acceptors (Lipinski definition) is 6. The van der Waals surface area contributed by atoms with Gasteiger partial charge >= 0.3 is 17.9 Å². The Kier molecular flexibility index (Phi) is 10.7. The van der Waals surface area contributed by atoms with E-state index in [4.69, 9.17) is 14.2 Å². The highest BCUT2D eigenvalue weighted by atomic mass is 79.9. The van der Waals surface area contributed by atoms with E-state index in [0.29, 0.717) is 0 Å². The molecule has 0 N–H and O–H groups in total. The lowest BCUT2D eigenvalue weighted by Crippen LogP contribution is -2.31. The zero-order valence-corrected chi connectivity index (χ0v) is 14.0. The maximum absolute atomic E-state index is 11.1. The van der Waals surface area contributed by atoms with Crippen LogP contribution in [0.15, 0.2) is 0 Å². The van der Waals surface area contributed by atoms with Crippen molar-refractivity contribution in [1.29, 1.82) is 0 Å². The first-order valence-corrected chi connectivity index (χ1v) is 8.08. The highest BCUT2D eigenvalue weighted by Crippen LogP contribution is 2.00. The van der Waals surface area contributed by atoms with Crippen LogP contribution in [0.1, 0.15) is 0 Å². The Morgan fingerprint density at radius 1 is 0.778 bits per heavy atom. The van der Waals surface area contributed by atoms with Gasteiger partial charge in [-0.15, -0.1) is 0 Å². The van der Waals surface area contributed by atoms with Gasteiger partial charge in [0.2, 0.25) is 0 Å². The second-order valence-corrected chi connectivity index (χ2v) is 4.56. The van der Waals surface area contributed by atoms with E-state index >= 15 is 0 Å². The molecule has 0 rings (SSSR count). The lowest BCUT2D eigenvalue weighted by molar-refractivity contribution is -0.163. The lowest BCUT2D eigenvalue weighted by Gasteiger charge is -2.17. The fourth-order valence-electron chi connectivity index (χ4n) is 0.782. The van der Waals surface area contributed by atoms with Crippen LogP contribution in [0.4, 0.5) is 0 Å².